The molecule has 0 spiro atoms. The molecule has 0 amide bonds. The molecule has 5 nitrogen and oxygen atoms in total. The Morgan fingerprint density at radius 1 is 1.38 bits per heavy atom. The minimum atomic E-state index is -0.0565. The number of aliphatic hydroxyl groups excluding tert-OH is 1. The molecule has 1 fully saturated rings. The number of aromatic nitrogens is 2. The van der Waals surface area contributed by atoms with Gasteiger partial charge in [0, 0.05) is 20.2 Å². The van der Waals surface area contributed by atoms with Gasteiger partial charge in [-0.05, 0) is 12.8 Å². The zero-order valence-electron chi connectivity index (χ0n) is 9.46. The van der Waals surface area contributed by atoms with Crippen LogP contribution < -0.4 is 4.90 Å². The van der Waals surface area contributed by atoms with Gasteiger partial charge in [-0.2, -0.15) is 0 Å². The second-order valence-electron chi connectivity index (χ2n) is 3.95. The molecule has 0 bridgehead atoms. The van der Waals surface area contributed by atoms with E-state index in [1.807, 2.05) is 0 Å². The highest BCUT2D eigenvalue weighted by Crippen LogP contribution is 2.18. The highest BCUT2D eigenvalue weighted by Gasteiger charge is 2.19. The molecule has 0 unspecified atom stereocenters. The van der Waals surface area contributed by atoms with E-state index < -0.39 is 0 Å². The number of anilines is 1. The lowest BCUT2D eigenvalue weighted by atomic mass is 10.1. The minimum Gasteiger partial charge on any atom is -0.390 e. The number of nitrogens with zero attached hydrogens (tertiary/aromatic N) is 3. The summed E-state index contributed by atoms with van der Waals surface area (Å²) in [4.78, 5) is 10.6. The van der Waals surface area contributed by atoms with Crippen LogP contribution in [0.25, 0.3) is 0 Å². The van der Waals surface area contributed by atoms with Gasteiger partial charge in [0.05, 0.1) is 30.8 Å². The molecular formula is C11H17N3O2. The maximum absolute atomic E-state index is 8.87. The van der Waals surface area contributed by atoms with Crippen LogP contribution in [0.15, 0.2) is 12.4 Å². The van der Waals surface area contributed by atoms with Gasteiger partial charge in [0.15, 0.2) is 0 Å². The zero-order valence-corrected chi connectivity index (χ0v) is 9.46. The number of hydrogen-bond acceptors (Lipinski definition) is 5. The van der Waals surface area contributed by atoms with Crippen LogP contribution in [0, 0.1) is 0 Å². The summed E-state index contributed by atoms with van der Waals surface area (Å²) in [6.45, 7) is 1.84. The summed E-state index contributed by atoms with van der Waals surface area (Å²) in [6, 6.07) is 0. The molecule has 5 heteroatoms. The molecular weight excluding hydrogens is 206 g/mol. The average Bonchev–Trinajstić information content (AvgIpc) is 2.39. The van der Waals surface area contributed by atoms with Crippen LogP contribution in [-0.2, 0) is 11.3 Å². The molecule has 0 aromatic carbocycles. The van der Waals surface area contributed by atoms with Crippen molar-refractivity contribution in [1.29, 1.82) is 0 Å². The molecule has 16 heavy (non-hydrogen) atoms. The number of hydrogen-bond donors (Lipinski definition) is 1. The fraction of sp³-hybridized carbons (Fsp3) is 0.636. The summed E-state index contributed by atoms with van der Waals surface area (Å²) in [5.41, 5.74) is 0.607. The first kappa shape index (κ1) is 11.3. The summed E-state index contributed by atoms with van der Waals surface area (Å²) in [6.07, 6.45) is 5.77. The van der Waals surface area contributed by atoms with E-state index >= 15 is 0 Å². The molecule has 0 aliphatic carbocycles. The molecule has 1 aliphatic rings. The molecule has 0 radical (unpaired) electrons. The van der Waals surface area contributed by atoms with Gasteiger partial charge < -0.3 is 14.7 Å². The molecule has 1 aromatic rings. The minimum absolute atomic E-state index is 0.0565. The van der Waals surface area contributed by atoms with E-state index in [0.717, 1.165) is 31.7 Å². The van der Waals surface area contributed by atoms with E-state index in [4.69, 9.17) is 9.84 Å². The lowest BCUT2D eigenvalue weighted by Crippen LogP contribution is -2.37. The first-order chi connectivity index (χ1) is 7.83. The van der Waals surface area contributed by atoms with Crippen LogP contribution in [0.1, 0.15) is 18.5 Å². The van der Waals surface area contributed by atoms with Gasteiger partial charge in [0.2, 0.25) is 0 Å². The van der Waals surface area contributed by atoms with Crippen molar-refractivity contribution in [3.8, 4) is 0 Å². The lowest BCUT2D eigenvalue weighted by Gasteiger charge is -2.31. The van der Waals surface area contributed by atoms with Crippen molar-refractivity contribution in [1.82, 2.24) is 9.97 Å². The van der Waals surface area contributed by atoms with Crippen molar-refractivity contribution in [2.45, 2.75) is 25.6 Å². The molecule has 1 saturated heterocycles. The Labute approximate surface area is 95.1 Å². The largest absolute Gasteiger partial charge is 0.390 e. The van der Waals surface area contributed by atoms with Crippen molar-refractivity contribution >= 4 is 5.82 Å². The van der Waals surface area contributed by atoms with Crippen LogP contribution in [0.3, 0.4) is 0 Å². The quantitative estimate of drug-likeness (QED) is 0.812. The second kappa shape index (κ2) is 5.23. The SMILES string of the molecule is COC1CCN(c2cnc(CO)cn2)CC1. The van der Waals surface area contributed by atoms with E-state index in [-0.39, 0.29) is 6.61 Å². The summed E-state index contributed by atoms with van der Waals surface area (Å²) < 4.78 is 5.32. The Hall–Kier alpha value is -1.20. The molecule has 88 valence electrons. The highest BCUT2D eigenvalue weighted by atomic mass is 16.5. The van der Waals surface area contributed by atoms with Crippen LogP contribution in [0.2, 0.25) is 0 Å². The van der Waals surface area contributed by atoms with Crippen LogP contribution in [0.5, 0.6) is 0 Å². The zero-order chi connectivity index (χ0) is 11.4. The van der Waals surface area contributed by atoms with E-state index in [2.05, 4.69) is 14.9 Å². The molecule has 0 saturated carbocycles. The van der Waals surface area contributed by atoms with Gasteiger partial charge >= 0.3 is 0 Å². The number of methoxy groups -OCH3 is 1. The summed E-state index contributed by atoms with van der Waals surface area (Å²) in [5, 5.41) is 8.87. The van der Waals surface area contributed by atoms with Gasteiger partial charge in [-0.3, -0.25) is 4.98 Å². The van der Waals surface area contributed by atoms with E-state index in [1.54, 1.807) is 19.5 Å². The third kappa shape index (κ3) is 2.48. The lowest BCUT2D eigenvalue weighted by molar-refractivity contribution is 0.0818. The topological polar surface area (TPSA) is 58.5 Å². The van der Waals surface area contributed by atoms with Crippen LogP contribution in [0.4, 0.5) is 5.82 Å². The first-order valence-electron chi connectivity index (χ1n) is 5.53. The Morgan fingerprint density at radius 3 is 2.62 bits per heavy atom. The number of rotatable bonds is 3. The van der Waals surface area contributed by atoms with E-state index in [1.165, 1.54) is 0 Å². The number of aliphatic hydroxyl groups is 1. The van der Waals surface area contributed by atoms with Crippen LogP contribution in [-0.4, -0.2) is 41.4 Å². The molecule has 1 aliphatic heterocycles. The van der Waals surface area contributed by atoms with Crippen LogP contribution >= 0.6 is 0 Å². The Kier molecular flexibility index (Phi) is 3.69. The molecule has 0 atom stereocenters. The number of ether oxygens (including phenoxy) is 1. The van der Waals surface area contributed by atoms with Gasteiger partial charge in [0.25, 0.3) is 0 Å². The van der Waals surface area contributed by atoms with E-state index in [9.17, 15) is 0 Å². The molecule has 1 N–H and O–H groups in total. The van der Waals surface area contributed by atoms with Gasteiger partial charge in [-0.15, -0.1) is 0 Å². The maximum Gasteiger partial charge on any atom is 0.147 e. The predicted molar refractivity (Wildman–Crippen MR) is 60.2 cm³/mol. The average molecular weight is 223 g/mol. The molecule has 2 heterocycles. The number of piperidine rings is 1. The monoisotopic (exact) mass is 223 g/mol. The smallest absolute Gasteiger partial charge is 0.147 e. The Morgan fingerprint density at radius 2 is 2.12 bits per heavy atom. The van der Waals surface area contributed by atoms with Crippen molar-refractivity contribution in [2.75, 3.05) is 25.1 Å². The third-order valence-corrected chi connectivity index (χ3v) is 2.95. The summed E-state index contributed by atoms with van der Waals surface area (Å²) in [5.74, 6) is 0.881. The van der Waals surface area contributed by atoms with Gasteiger partial charge in [-0.1, -0.05) is 0 Å². The van der Waals surface area contributed by atoms with Gasteiger partial charge in [-0.25, -0.2) is 4.98 Å². The second-order valence-corrected chi connectivity index (χ2v) is 3.95. The highest BCUT2D eigenvalue weighted by molar-refractivity contribution is 5.36. The van der Waals surface area contributed by atoms with Crippen molar-refractivity contribution in [3.63, 3.8) is 0 Å². The Bertz CT molecular complexity index is 321. The van der Waals surface area contributed by atoms with Crippen molar-refractivity contribution in [2.24, 2.45) is 0 Å². The summed E-state index contributed by atoms with van der Waals surface area (Å²) in [7, 11) is 1.76. The Balaban J connectivity index is 1.97. The normalized spacial score (nSPS) is 17.8. The first-order valence-corrected chi connectivity index (χ1v) is 5.53. The van der Waals surface area contributed by atoms with Crippen molar-refractivity contribution in [3.05, 3.63) is 18.1 Å². The molecule has 1 aromatic heterocycles. The fourth-order valence-corrected chi connectivity index (χ4v) is 1.91. The predicted octanol–water partition coefficient (Wildman–Crippen LogP) is 0.584. The van der Waals surface area contributed by atoms with Crippen molar-refractivity contribution < 1.29 is 9.84 Å². The molecule has 2 rings (SSSR count). The maximum atomic E-state index is 8.87. The van der Waals surface area contributed by atoms with Gasteiger partial charge in [0.1, 0.15) is 5.82 Å². The fourth-order valence-electron chi connectivity index (χ4n) is 1.91. The summed E-state index contributed by atoms with van der Waals surface area (Å²) >= 11 is 0. The van der Waals surface area contributed by atoms with E-state index in [0.29, 0.717) is 11.8 Å². The third-order valence-electron chi connectivity index (χ3n) is 2.95. The standard InChI is InChI=1S/C11H17N3O2/c1-16-10-2-4-14(5-3-10)11-7-12-9(8-15)6-13-11/h6-7,10,15H,2-5,8H2,1H3.